The summed E-state index contributed by atoms with van der Waals surface area (Å²) < 4.78 is 44.2. The molecule has 0 spiro atoms. The molecule has 10 heteroatoms. The van der Waals surface area contributed by atoms with Gasteiger partial charge in [0.1, 0.15) is 5.82 Å². The van der Waals surface area contributed by atoms with Gasteiger partial charge in [0.15, 0.2) is 0 Å². The number of H-pyrrole nitrogens is 1. The molecular weight excluding hydrogens is 339 g/mol. The van der Waals surface area contributed by atoms with Gasteiger partial charge in [-0.05, 0) is 30.3 Å². The van der Waals surface area contributed by atoms with E-state index in [4.69, 9.17) is 4.52 Å². The van der Waals surface area contributed by atoms with Crippen LogP contribution >= 0.6 is 0 Å². The average Bonchev–Trinajstić information content (AvgIpc) is 3.03. The van der Waals surface area contributed by atoms with Crippen LogP contribution in [0.3, 0.4) is 0 Å². The van der Waals surface area contributed by atoms with Gasteiger partial charge in [-0.1, -0.05) is 5.16 Å². The summed E-state index contributed by atoms with van der Waals surface area (Å²) in [6, 6.07) is 7.22. The molecule has 0 amide bonds. The minimum Gasteiger partial charge on any atom is -0.338 e. The number of pyridine rings is 1. The van der Waals surface area contributed by atoms with E-state index in [-0.39, 0.29) is 28.7 Å². The fraction of sp³-hybridized carbons (Fsp3) is 0.0714. The predicted molar refractivity (Wildman–Crippen MR) is 80.8 cm³/mol. The van der Waals surface area contributed by atoms with Crippen LogP contribution in [0, 0.1) is 5.82 Å². The maximum absolute atomic E-state index is 12.8. The van der Waals surface area contributed by atoms with Gasteiger partial charge in [0.05, 0.1) is 11.4 Å². The maximum atomic E-state index is 12.8. The van der Waals surface area contributed by atoms with Crippen LogP contribution in [0.4, 0.5) is 4.39 Å². The molecule has 1 aromatic carbocycles. The Labute approximate surface area is 135 Å². The first-order valence-corrected chi connectivity index (χ1v) is 8.19. The lowest BCUT2D eigenvalue weighted by molar-refractivity contribution is 0.376. The number of benzene rings is 1. The van der Waals surface area contributed by atoms with Gasteiger partial charge in [0, 0.05) is 17.8 Å². The van der Waals surface area contributed by atoms with E-state index >= 15 is 0 Å². The molecule has 8 nitrogen and oxygen atoms in total. The third kappa shape index (κ3) is 3.55. The van der Waals surface area contributed by atoms with E-state index in [0.717, 1.165) is 24.3 Å². The summed E-state index contributed by atoms with van der Waals surface area (Å²) in [5.41, 5.74) is 0.250. The number of nitrogens with zero attached hydrogens (tertiary/aromatic N) is 2. The Hall–Kier alpha value is -2.85. The monoisotopic (exact) mass is 350 g/mol. The zero-order valence-corrected chi connectivity index (χ0v) is 12.9. The summed E-state index contributed by atoms with van der Waals surface area (Å²) in [6.45, 7) is -0.226. The van der Waals surface area contributed by atoms with E-state index in [1.165, 1.54) is 18.3 Å². The molecular formula is C14H11FN4O4S. The van der Waals surface area contributed by atoms with Crippen LogP contribution in [0.15, 0.2) is 56.8 Å². The molecule has 0 aliphatic rings. The average molecular weight is 350 g/mol. The van der Waals surface area contributed by atoms with E-state index in [1.807, 2.05) is 0 Å². The highest BCUT2D eigenvalue weighted by Crippen LogP contribution is 2.14. The molecule has 3 aromatic rings. The minimum atomic E-state index is -3.83. The third-order valence-corrected chi connectivity index (χ3v) is 4.46. The highest BCUT2D eigenvalue weighted by Gasteiger charge is 2.16. The van der Waals surface area contributed by atoms with Crippen molar-refractivity contribution in [2.24, 2.45) is 0 Å². The van der Waals surface area contributed by atoms with Crippen LogP contribution in [0.25, 0.3) is 11.4 Å². The Kier molecular flexibility index (Phi) is 4.23. The van der Waals surface area contributed by atoms with Gasteiger partial charge in [-0.2, -0.15) is 4.98 Å². The van der Waals surface area contributed by atoms with Crippen molar-refractivity contribution in [3.05, 3.63) is 64.7 Å². The fourth-order valence-corrected chi connectivity index (χ4v) is 2.82. The number of hydrogen-bond acceptors (Lipinski definition) is 6. The van der Waals surface area contributed by atoms with Crippen LogP contribution in [-0.4, -0.2) is 23.5 Å². The number of aromatic nitrogens is 3. The zero-order valence-electron chi connectivity index (χ0n) is 12.1. The molecule has 2 heterocycles. The van der Waals surface area contributed by atoms with E-state index in [2.05, 4.69) is 19.8 Å². The van der Waals surface area contributed by atoms with Crippen molar-refractivity contribution in [2.45, 2.75) is 11.4 Å². The lowest BCUT2D eigenvalue weighted by atomic mass is 10.3. The lowest BCUT2D eigenvalue weighted by Crippen LogP contribution is -2.23. The van der Waals surface area contributed by atoms with Crippen LogP contribution in [0.1, 0.15) is 5.89 Å². The Bertz CT molecular complexity index is 991. The summed E-state index contributed by atoms with van der Waals surface area (Å²) in [5, 5.41) is 3.71. The van der Waals surface area contributed by atoms with Crippen LogP contribution in [0.5, 0.6) is 0 Å². The van der Waals surface area contributed by atoms with Crippen molar-refractivity contribution in [1.29, 1.82) is 0 Å². The Morgan fingerprint density at radius 1 is 1.17 bits per heavy atom. The van der Waals surface area contributed by atoms with Gasteiger partial charge < -0.3 is 9.51 Å². The summed E-state index contributed by atoms with van der Waals surface area (Å²) in [5.74, 6) is -0.277. The maximum Gasteiger partial charge on any atom is 0.247 e. The largest absolute Gasteiger partial charge is 0.338 e. The molecule has 124 valence electrons. The Morgan fingerprint density at radius 3 is 2.58 bits per heavy atom. The van der Waals surface area contributed by atoms with Gasteiger partial charge in [-0.25, -0.2) is 17.5 Å². The van der Waals surface area contributed by atoms with Crippen LogP contribution < -0.4 is 10.3 Å². The molecule has 0 aliphatic carbocycles. The van der Waals surface area contributed by atoms with Crippen molar-refractivity contribution in [3.63, 3.8) is 0 Å². The minimum absolute atomic E-state index is 0.0434. The number of halogens is 1. The first-order chi connectivity index (χ1) is 11.4. The van der Waals surface area contributed by atoms with Crippen LogP contribution in [-0.2, 0) is 16.6 Å². The molecule has 0 saturated carbocycles. The highest BCUT2D eigenvalue weighted by atomic mass is 32.2. The van der Waals surface area contributed by atoms with E-state index in [9.17, 15) is 17.6 Å². The van der Waals surface area contributed by atoms with E-state index < -0.39 is 15.8 Å². The van der Waals surface area contributed by atoms with E-state index in [1.54, 1.807) is 0 Å². The number of rotatable bonds is 5. The van der Waals surface area contributed by atoms with Gasteiger partial charge in [0.25, 0.3) is 0 Å². The molecule has 24 heavy (non-hydrogen) atoms. The second-order valence-corrected chi connectivity index (χ2v) is 6.50. The molecule has 0 saturated heterocycles. The molecule has 0 aliphatic heterocycles. The summed E-state index contributed by atoms with van der Waals surface area (Å²) in [7, 11) is -3.83. The number of hydrogen-bond donors (Lipinski definition) is 2. The van der Waals surface area contributed by atoms with Gasteiger partial charge in [-0.3, -0.25) is 4.79 Å². The van der Waals surface area contributed by atoms with Gasteiger partial charge in [-0.15, -0.1) is 0 Å². The van der Waals surface area contributed by atoms with Crippen molar-refractivity contribution in [1.82, 2.24) is 19.8 Å². The molecule has 3 rings (SSSR count). The third-order valence-electron chi connectivity index (χ3n) is 3.05. The number of nitrogens with one attached hydrogen (secondary N) is 2. The SMILES string of the molecule is O=c1ccc(-c2noc(CNS(=O)(=O)c3ccc(F)cc3)n2)c[nH]1. The van der Waals surface area contributed by atoms with Crippen LogP contribution in [0.2, 0.25) is 0 Å². The van der Waals surface area contributed by atoms with Gasteiger partial charge in [0.2, 0.25) is 27.3 Å². The van der Waals surface area contributed by atoms with Gasteiger partial charge >= 0.3 is 0 Å². The fourth-order valence-electron chi connectivity index (χ4n) is 1.85. The molecule has 2 aromatic heterocycles. The van der Waals surface area contributed by atoms with Crippen molar-refractivity contribution in [2.75, 3.05) is 0 Å². The predicted octanol–water partition coefficient (Wildman–Crippen LogP) is 1.04. The zero-order chi connectivity index (χ0) is 17.2. The summed E-state index contributed by atoms with van der Waals surface area (Å²) >= 11 is 0. The molecule has 0 fully saturated rings. The highest BCUT2D eigenvalue weighted by molar-refractivity contribution is 7.89. The summed E-state index contributed by atoms with van der Waals surface area (Å²) in [6.07, 6.45) is 1.42. The van der Waals surface area contributed by atoms with E-state index in [0.29, 0.717) is 5.56 Å². The Balaban J connectivity index is 1.72. The number of aromatic amines is 1. The topological polar surface area (TPSA) is 118 Å². The molecule has 0 unspecified atom stereocenters. The first-order valence-electron chi connectivity index (χ1n) is 6.71. The normalized spacial score (nSPS) is 11.5. The Morgan fingerprint density at radius 2 is 1.92 bits per heavy atom. The quantitative estimate of drug-likeness (QED) is 0.710. The lowest BCUT2D eigenvalue weighted by Gasteiger charge is -2.04. The first kappa shape index (κ1) is 16.0. The second-order valence-electron chi connectivity index (χ2n) is 4.73. The molecule has 0 radical (unpaired) electrons. The standard InChI is InChI=1S/C14H11FN4O4S/c15-10-2-4-11(5-3-10)24(21,22)17-8-13-18-14(19-23-13)9-1-6-12(20)16-7-9/h1-7,17H,8H2,(H,16,20). The number of sulfonamides is 1. The van der Waals surface area contributed by atoms with Crippen molar-refractivity contribution >= 4 is 10.0 Å². The second kappa shape index (κ2) is 6.34. The molecule has 2 N–H and O–H groups in total. The van der Waals surface area contributed by atoms with Crippen molar-refractivity contribution in [3.8, 4) is 11.4 Å². The molecule has 0 atom stereocenters. The molecule has 0 bridgehead atoms. The smallest absolute Gasteiger partial charge is 0.247 e. The van der Waals surface area contributed by atoms with Crippen molar-refractivity contribution < 1.29 is 17.3 Å². The summed E-state index contributed by atoms with van der Waals surface area (Å²) in [4.78, 5) is 17.4.